The Kier molecular flexibility index (Phi) is 2.65. The van der Waals surface area contributed by atoms with E-state index < -0.39 is 6.04 Å². The first-order valence-electron chi connectivity index (χ1n) is 5.31. The summed E-state index contributed by atoms with van der Waals surface area (Å²) in [5.41, 5.74) is 0. The molecule has 2 amide bonds. The second kappa shape index (κ2) is 3.81. The molecule has 0 aliphatic carbocycles. The number of hydrogen-bond donors (Lipinski definition) is 1. The summed E-state index contributed by atoms with van der Waals surface area (Å²) in [6.07, 6.45) is 0.829. The number of carbonyl (C=O) groups is 2. The smallest absolute Gasteiger partial charge is 0.245 e. The van der Waals surface area contributed by atoms with E-state index in [1.807, 2.05) is 0 Å². The maximum atomic E-state index is 11.9. The molecule has 5 nitrogen and oxygen atoms in total. The van der Waals surface area contributed by atoms with Crippen molar-refractivity contribution in [2.75, 3.05) is 13.2 Å². The van der Waals surface area contributed by atoms with E-state index in [0.717, 1.165) is 6.42 Å². The van der Waals surface area contributed by atoms with Gasteiger partial charge in [0.15, 0.2) is 0 Å². The fourth-order valence-electron chi connectivity index (χ4n) is 2.17. The predicted molar refractivity (Wildman–Crippen MR) is 53.1 cm³/mol. The molecule has 2 rings (SSSR count). The Bertz CT molecular complexity index is 286. The summed E-state index contributed by atoms with van der Waals surface area (Å²) < 4.78 is 5.25. The summed E-state index contributed by atoms with van der Waals surface area (Å²) in [6.45, 7) is 4.71. The quantitative estimate of drug-likeness (QED) is 0.638. The minimum Gasteiger partial charge on any atom is -0.379 e. The van der Waals surface area contributed by atoms with Gasteiger partial charge in [0, 0.05) is 6.61 Å². The van der Waals surface area contributed by atoms with E-state index >= 15 is 0 Å². The van der Waals surface area contributed by atoms with Gasteiger partial charge in [-0.15, -0.1) is 0 Å². The highest BCUT2D eigenvalue weighted by Gasteiger charge is 2.40. The maximum absolute atomic E-state index is 11.9. The average Bonchev–Trinajstić information content (AvgIpc) is 2.69. The third-order valence-electron chi connectivity index (χ3n) is 3.08. The van der Waals surface area contributed by atoms with Gasteiger partial charge >= 0.3 is 0 Å². The standard InChI is InChI=1S/C10H16N2O3/c1-6-10(14)12(7(2)9(13)11-6)8-3-4-15-5-8/h6-8H,3-5H2,1-2H3,(H,11,13). The van der Waals surface area contributed by atoms with Gasteiger partial charge in [0.1, 0.15) is 12.1 Å². The molecule has 3 unspecified atom stereocenters. The molecule has 0 spiro atoms. The molecule has 2 aliphatic rings. The molecule has 1 N–H and O–H groups in total. The first-order valence-corrected chi connectivity index (χ1v) is 5.31. The molecule has 0 bridgehead atoms. The van der Waals surface area contributed by atoms with Gasteiger partial charge in [-0.2, -0.15) is 0 Å². The number of amides is 2. The molecule has 5 heteroatoms. The molecule has 0 aromatic carbocycles. The largest absolute Gasteiger partial charge is 0.379 e. The first-order chi connectivity index (χ1) is 7.11. The Labute approximate surface area is 88.8 Å². The molecule has 0 aromatic heterocycles. The van der Waals surface area contributed by atoms with Gasteiger partial charge in [0.05, 0.1) is 12.6 Å². The van der Waals surface area contributed by atoms with Crippen LogP contribution in [0.2, 0.25) is 0 Å². The van der Waals surface area contributed by atoms with Crippen molar-refractivity contribution in [3.05, 3.63) is 0 Å². The van der Waals surface area contributed by atoms with Crippen LogP contribution in [0.15, 0.2) is 0 Å². The normalized spacial score (nSPS) is 36.9. The highest BCUT2D eigenvalue weighted by molar-refractivity contribution is 5.96. The van der Waals surface area contributed by atoms with Crippen LogP contribution < -0.4 is 5.32 Å². The summed E-state index contributed by atoms with van der Waals surface area (Å²) in [6, 6.07) is -0.712. The summed E-state index contributed by atoms with van der Waals surface area (Å²) >= 11 is 0. The van der Waals surface area contributed by atoms with Gasteiger partial charge in [-0.1, -0.05) is 0 Å². The second-order valence-electron chi connectivity index (χ2n) is 4.17. The summed E-state index contributed by atoms with van der Waals surface area (Å²) in [5, 5.41) is 2.66. The average molecular weight is 212 g/mol. The summed E-state index contributed by atoms with van der Waals surface area (Å²) in [4.78, 5) is 25.2. The summed E-state index contributed by atoms with van der Waals surface area (Å²) in [5.74, 6) is -0.0772. The van der Waals surface area contributed by atoms with E-state index in [2.05, 4.69) is 5.32 Å². The number of rotatable bonds is 1. The third kappa shape index (κ3) is 1.71. The van der Waals surface area contributed by atoms with Gasteiger partial charge in [-0.05, 0) is 20.3 Å². The maximum Gasteiger partial charge on any atom is 0.245 e. The van der Waals surface area contributed by atoms with Crippen LogP contribution >= 0.6 is 0 Å². The van der Waals surface area contributed by atoms with E-state index in [0.29, 0.717) is 13.2 Å². The third-order valence-corrected chi connectivity index (χ3v) is 3.08. The zero-order chi connectivity index (χ0) is 11.0. The SMILES string of the molecule is CC1NC(=O)C(C)N(C2CCOC2)C1=O. The van der Waals surface area contributed by atoms with E-state index in [9.17, 15) is 9.59 Å². The molecule has 2 aliphatic heterocycles. The molecule has 0 saturated carbocycles. The van der Waals surface area contributed by atoms with Crippen LogP contribution in [-0.2, 0) is 14.3 Å². The zero-order valence-electron chi connectivity index (χ0n) is 9.03. The second-order valence-corrected chi connectivity index (χ2v) is 4.17. The molecule has 2 fully saturated rings. The molecule has 15 heavy (non-hydrogen) atoms. The topological polar surface area (TPSA) is 58.6 Å². The van der Waals surface area contributed by atoms with Crippen molar-refractivity contribution < 1.29 is 14.3 Å². The highest BCUT2D eigenvalue weighted by atomic mass is 16.5. The van der Waals surface area contributed by atoms with Crippen molar-refractivity contribution in [1.82, 2.24) is 10.2 Å². The van der Waals surface area contributed by atoms with Gasteiger partial charge in [-0.3, -0.25) is 9.59 Å². The molecule has 0 aromatic rings. The van der Waals surface area contributed by atoms with E-state index in [-0.39, 0.29) is 23.9 Å². The van der Waals surface area contributed by atoms with Crippen LogP contribution in [0.5, 0.6) is 0 Å². The van der Waals surface area contributed by atoms with Gasteiger partial charge in [-0.25, -0.2) is 0 Å². The van der Waals surface area contributed by atoms with Crippen LogP contribution in [0.1, 0.15) is 20.3 Å². The lowest BCUT2D eigenvalue weighted by Crippen LogP contribution is -2.64. The molecule has 2 heterocycles. The van der Waals surface area contributed by atoms with Crippen molar-refractivity contribution >= 4 is 11.8 Å². The molecular weight excluding hydrogens is 196 g/mol. The fraction of sp³-hybridized carbons (Fsp3) is 0.800. The monoisotopic (exact) mass is 212 g/mol. The molecule has 2 saturated heterocycles. The van der Waals surface area contributed by atoms with E-state index in [4.69, 9.17) is 4.74 Å². The number of nitrogens with one attached hydrogen (secondary N) is 1. The van der Waals surface area contributed by atoms with E-state index in [1.165, 1.54) is 0 Å². The molecule has 0 radical (unpaired) electrons. The Hall–Kier alpha value is -1.10. The van der Waals surface area contributed by atoms with Crippen LogP contribution in [0.3, 0.4) is 0 Å². The van der Waals surface area contributed by atoms with Crippen LogP contribution in [0, 0.1) is 0 Å². The predicted octanol–water partition coefficient (Wildman–Crippen LogP) is -0.489. The lowest BCUT2D eigenvalue weighted by molar-refractivity contribution is -0.150. The Morgan fingerprint density at radius 2 is 2.13 bits per heavy atom. The molecular formula is C10H16N2O3. The van der Waals surface area contributed by atoms with Crippen LogP contribution in [0.4, 0.5) is 0 Å². The van der Waals surface area contributed by atoms with Crippen molar-refractivity contribution in [1.29, 1.82) is 0 Å². The van der Waals surface area contributed by atoms with Crippen molar-refractivity contribution in [2.45, 2.75) is 38.4 Å². The molecule has 84 valence electrons. The van der Waals surface area contributed by atoms with Gasteiger partial charge in [0.2, 0.25) is 11.8 Å². The first kappa shape index (κ1) is 10.4. The molecule has 3 atom stereocenters. The van der Waals surface area contributed by atoms with Crippen molar-refractivity contribution in [2.24, 2.45) is 0 Å². The van der Waals surface area contributed by atoms with Gasteiger partial charge in [0.25, 0.3) is 0 Å². The van der Waals surface area contributed by atoms with Crippen LogP contribution in [0.25, 0.3) is 0 Å². The Balaban J connectivity index is 2.18. The Morgan fingerprint density at radius 3 is 2.73 bits per heavy atom. The summed E-state index contributed by atoms with van der Waals surface area (Å²) in [7, 11) is 0. The zero-order valence-corrected chi connectivity index (χ0v) is 9.03. The minimum absolute atomic E-state index is 0.00222. The highest BCUT2D eigenvalue weighted by Crippen LogP contribution is 2.19. The lowest BCUT2D eigenvalue weighted by atomic mass is 10.1. The number of hydrogen-bond acceptors (Lipinski definition) is 3. The van der Waals surface area contributed by atoms with Crippen molar-refractivity contribution in [3.63, 3.8) is 0 Å². The lowest BCUT2D eigenvalue weighted by Gasteiger charge is -2.39. The Morgan fingerprint density at radius 1 is 1.40 bits per heavy atom. The van der Waals surface area contributed by atoms with Crippen molar-refractivity contribution in [3.8, 4) is 0 Å². The number of piperazine rings is 1. The fourth-order valence-corrected chi connectivity index (χ4v) is 2.17. The van der Waals surface area contributed by atoms with Crippen LogP contribution in [-0.4, -0.2) is 48.1 Å². The minimum atomic E-state index is -0.408. The number of ether oxygens (including phenoxy) is 1. The van der Waals surface area contributed by atoms with E-state index in [1.54, 1.807) is 18.7 Å². The van der Waals surface area contributed by atoms with Gasteiger partial charge < -0.3 is 15.0 Å². The number of nitrogens with zero attached hydrogens (tertiary/aromatic N) is 1. The number of carbonyl (C=O) groups excluding carboxylic acids is 2.